The molecule has 0 aliphatic heterocycles. The lowest BCUT2D eigenvalue weighted by molar-refractivity contribution is 0.0959. The average Bonchev–Trinajstić information content (AvgIpc) is 2.95. The molecule has 1 aliphatic carbocycles. The first-order chi connectivity index (χ1) is 13.0. The molecule has 3 aromatic carbocycles. The molecule has 27 heavy (non-hydrogen) atoms. The highest BCUT2D eigenvalue weighted by Gasteiger charge is 2.30. The van der Waals surface area contributed by atoms with Gasteiger partial charge in [0.15, 0.2) is 0 Å². The van der Waals surface area contributed by atoms with Gasteiger partial charge in [0.25, 0.3) is 5.91 Å². The molecule has 4 nitrogen and oxygen atoms in total. The fourth-order valence-corrected chi connectivity index (χ4v) is 3.70. The van der Waals surface area contributed by atoms with Gasteiger partial charge in [0.1, 0.15) is 5.82 Å². The minimum atomic E-state index is -0.786. The Bertz CT molecular complexity index is 1070. The molecule has 0 spiro atoms. The predicted molar refractivity (Wildman–Crippen MR) is 104 cm³/mol. The maximum absolute atomic E-state index is 13.7. The van der Waals surface area contributed by atoms with Crippen LogP contribution in [0.4, 0.5) is 9.18 Å². The molecule has 0 saturated heterocycles. The lowest BCUT2D eigenvalue weighted by Gasteiger charge is -2.16. The molecule has 4 rings (SSSR count). The highest BCUT2D eigenvalue weighted by Crippen LogP contribution is 2.44. The number of halogens is 2. The summed E-state index contributed by atoms with van der Waals surface area (Å²) >= 11 is 3.46. The molecule has 0 bridgehead atoms. The number of fused-ring (bicyclic) bond motifs is 3. The molecule has 0 heterocycles. The van der Waals surface area contributed by atoms with Gasteiger partial charge >= 0.3 is 6.03 Å². The van der Waals surface area contributed by atoms with Gasteiger partial charge in [-0.1, -0.05) is 58.4 Å². The van der Waals surface area contributed by atoms with Crippen LogP contribution in [0.1, 0.15) is 27.5 Å². The SMILES string of the molecule is O=C(NC(=O)c1ccccc1F)NC1c2ccccc2-c2ccc(Br)cc21. The molecule has 2 N–H and O–H groups in total. The van der Waals surface area contributed by atoms with E-state index in [1.54, 1.807) is 0 Å². The fraction of sp³-hybridized carbons (Fsp3) is 0.0476. The van der Waals surface area contributed by atoms with Gasteiger partial charge in [0, 0.05) is 4.47 Å². The Morgan fingerprint density at radius 2 is 1.59 bits per heavy atom. The van der Waals surface area contributed by atoms with Gasteiger partial charge in [-0.25, -0.2) is 9.18 Å². The van der Waals surface area contributed by atoms with E-state index in [1.165, 1.54) is 24.3 Å². The number of benzene rings is 3. The summed E-state index contributed by atoms with van der Waals surface area (Å²) in [6.07, 6.45) is 0. The molecule has 1 unspecified atom stereocenters. The quantitative estimate of drug-likeness (QED) is 0.620. The van der Waals surface area contributed by atoms with Gasteiger partial charge in [-0.2, -0.15) is 0 Å². The first-order valence-corrected chi connectivity index (χ1v) is 9.09. The first-order valence-electron chi connectivity index (χ1n) is 8.29. The topological polar surface area (TPSA) is 58.2 Å². The van der Waals surface area contributed by atoms with E-state index < -0.39 is 23.8 Å². The first kappa shape index (κ1) is 17.4. The molecule has 0 saturated carbocycles. The Balaban J connectivity index is 1.59. The zero-order valence-electron chi connectivity index (χ0n) is 14.0. The molecule has 0 fully saturated rings. The summed E-state index contributed by atoms with van der Waals surface area (Å²) in [7, 11) is 0. The van der Waals surface area contributed by atoms with Crippen LogP contribution < -0.4 is 10.6 Å². The number of rotatable bonds is 2. The van der Waals surface area contributed by atoms with Crippen molar-refractivity contribution in [1.82, 2.24) is 10.6 Å². The number of carbonyl (C=O) groups is 2. The van der Waals surface area contributed by atoms with E-state index in [4.69, 9.17) is 0 Å². The zero-order valence-corrected chi connectivity index (χ0v) is 15.6. The van der Waals surface area contributed by atoms with Crippen molar-refractivity contribution in [3.8, 4) is 11.1 Å². The van der Waals surface area contributed by atoms with Crippen LogP contribution in [0.5, 0.6) is 0 Å². The van der Waals surface area contributed by atoms with E-state index in [2.05, 4.69) is 26.6 Å². The van der Waals surface area contributed by atoms with Gasteiger partial charge in [0.05, 0.1) is 11.6 Å². The third kappa shape index (κ3) is 3.24. The normalized spacial score (nSPS) is 14.2. The van der Waals surface area contributed by atoms with Crippen LogP contribution in [0.15, 0.2) is 71.2 Å². The molecule has 0 radical (unpaired) electrons. The molecule has 1 atom stereocenters. The van der Waals surface area contributed by atoms with Crippen LogP contribution in [-0.4, -0.2) is 11.9 Å². The van der Waals surface area contributed by atoms with Crippen molar-refractivity contribution >= 4 is 27.9 Å². The second kappa shape index (κ2) is 6.96. The van der Waals surface area contributed by atoms with E-state index in [0.717, 1.165) is 26.7 Å². The summed E-state index contributed by atoms with van der Waals surface area (Å²) in [6.45, 7) is 0. The van der Waals surface area contributed by atoms with E-state index >= 15 is 0 Å². The summed E-state index contributed by atoms with van der Waals surface area (Å²) in [4.78, 5) is 24.6. The lowest BCUT2D eigenvalue weighted by Crippen LogP contribution is -2.41. The van der Waals surface area contributed by atoms with Crippen LogP contribution in [0.25, 0.3) is 11.1 Å². The number of imide groups is 1. The van der Waals surface area contributed by atoms with Gasteiger partial charge in [-0.05, 0) is 46.5 Å². The number of amides is 3. The molecule has 1 aliphatic rings. The smallest absolute Gasteiger partial charge is 0.322 e. The third-order valence-corrected chi connectivity index (χ3v) is 5.00. The fourth-order valence-electron chi connectivity index (χ4n) is 3.32. The molecule has 134 valence electrons. The van der Waals surface area contributed by atoms with Crippen molar-refractivity contribution in [3.05, 3.63) is 93.7 Å². The van der Waals surface area contributed by atoms with Crippen molar-refractivity contribution in [1.29, 1.82) is 0 Å². The van der Waals surface area contributed by atoms with Crippen molar-refractivity contribution in [2.75, 3.05) is 0 Å². The highest BCUT2D eigenvalue weighted by molar-refractivity contribution is 9.10. The second-order valence-corrected chi connectivity index (χ2v) is 7.07. The Hall–Kier alpha value is -2.99. The monoisotopic (exact) mass is 424 g/mol. The van der Waals surface area contributed by atoms with Crippen molar-refractivity contribution in [3.63, 3.8) is 0 Å². The van der Waals surface area contributed by atoms with Crippen LogP contribution >= 0.6 is 15.9 Å². The number of carbonyl (C=O) groups excluding carboxylic acids is 2. The number of urea groups is 1. The highest BCUT2D eigenvalue weighted by atomic mass is 79.9. The number of nitrogens with one attached hydrogen (secondary N) is 2. The number of hydrogen-bond acceptors (Lipinski definition) is 2. The largest absolute Gasteiger partial charge is 0.327 e. The molecule has 6 heteroatoms. The third-order valence-electron chi connectivity index (χ3n) is 4.51. The molecular weight excluding hydrogens is 411 g/mol. The van der Waals surface area contributed by atoms with E-state index in [-0.39, 0.29) is 5.56 Å². The Morgan fingerprint density at radius 3 is 2.41 bits per heavy atom. The van der Waals surface area contributed by atoms with E-state index in [0.29, 0.717) is 0 Å². The summed E-state index contributed by atoms with van der Waals surface area (Å²) in [6, 6.07) is 18.1. The summed E-state index contributed by atoms with van der Waals surface area (Å²) in [5.74, 6) is -1.46. The molecular formula is C21H14BrFN2O2. The van der Waals surface area contributed by atoms with Gasteiger partial charge < -0.3 is 5.32 Å². The summed E-state index contributed by atoms with van der Waals surface area (Å²) < 4.78 is 14.6. The van der Waals surface area contributed by atoms with Crippen LogP contribution in [0.2, 0.25) is 0 Å². The van der Waals surface area contributed by atoms with Crippen LogP contribution in [-0.2, 0) is 0 Å². The van der Waals surface area contributed by atoms with E-state index in [9.17, 15) is 14.0 Å². The van der Waals surface area contributed by atoms with Crippen LogP contribution in [0, 0.1) is 5.82 Å². The van der Waals surface area contributed by atoms with Crippen molar-refractivity contribution in [2.45, 2.75) is 6.04 Å². The van der Waals surface area contributed by atoms with Gasteiger partial charge in [-0.3, -0.25) is 10.1 Å². The predicted octanol–water partition coefficient (Wildman–Crippen LogP) is 4.80. The average molecular weight is 425 g/mol. The summed E-state index contributed by atoms with van der Waals surface area (Å²) in [5, 5.41) is 5.02. The second-order valence-electron chi connectivity index (χ2n) is 6.16. The van der Waals surface area contributed by atoms with Crippen molar-refractivity contribution in [2.24, 2.45) is 0 Å². The Morgan fingerprint density at radius 1 is 0.889 bits per heavy atom. The molecule has 3 aromatic rings. The Labute approximate surface area is 163 Å². The summed E-state index contributed by atoms with van der Waals surface area (Å²) in [5.41, 5.74) is 3.76. The minimum Gasteiger partial charge on any atom is -0.327 e. The standard InChI is InChI=1S/C21H14BrFN2O2/c22-12-9-10-14-13-5-1-2-6-15(13)19(17(14)11-12)24-21(27)25-20(26)16-7-3-4-8-18(16)23/h1-11,19H,(H2,24,25,26,27). The van der Waals surface area contributed by atoms with E-state index in [1.807, 2.05) is 42.5 Å². The zero-order chi connectivity index (χ0) is 19.0. The lowest BCUT2D eigenvalue weighted by atomic mass is 10.1. The van der Waals surface area contributed by atoms with Gasteiger partial charge in [0.2, 0.25) is 0 Å². The minimum absolute atomic E-state index is 0.178. The maximum Gasteiger partial charge on any atom is 0.322 e. The Kier molecular flexibility index (Phi) is 4.49. The molecule has 3 amide bonds. The molecule has 0 aromatic heterocycles. The maximum atomic E-state index is 13.7. The van der Waals surface area contributed by atoms with Gasteiger partial charge in [-0.15, -0.1) is 0 Å². The number of hydrogen-bond donors (Lipinski definition) is 2. The van der Waals surface area contributed by atoms with Crippen molar-refractivity contribution < 1.29 is 14.0 Å². The van der Waals surface area contributed by atoms with Crippen LogP contribution in [0.3, 0.4) is 0 Å².